The molecule has 3 aromatic rings. The van der Waals surface area contributed by atoms with Gasteiger partial charge in [0, 0.05) is 11.9 Å². The number of carbonyl (C=O) groups excluding carboxylic acids is 1. The van der Waals surface area contributed by atoms with E-state index in [9.17, 15) is 4.79 Å². The number of hydrogen-bond donors (Lipinski definition) is 1. The number of fused-ring (bicyclic) bond motifs is 1. The maximum atomic E-state index is 12.9. The Labute approximate surface area is 154 Å². The van der Waals surface area contributed by atoms with Crippen LogP contribution in [0.3, 0.4) is 0 Å². The van der Waals surface area contributed by atoms with Gasteiger partial charge in [0.15, 0.2) is 0 Å². The quantitative estimate of drug-likeness (QED) is 0.712. The lowest BCUT2D eigenvalue weighted by Gasteiger charge is -2.10. The maximum absolute atomic E-state index is 12.9. The van der Waals surface area contributed by atoms with Gasteiger partial charge in [-0.15, -0.1) is 0 Å². The number of anilines is 1. The molecule has 1 amide bonds. The summed E-state index contributed by atoms with van der Waals surface area (Å²) in [6, 6.07) is 11.4. The van der Waals surface area contributed by atoms with Crippen LogP contribution in [-0.4, -0.2) is 21.9 Å². The number of amides is 1. The Morgan fingerprint density at radius 2 is 1.92 bits per heavy atom. The Kier molecular flexibility index (Phi) is 5.26. The summed E-state index contributed by atoms with van der Waals surface area (Å²) in [6.07, 6.45) is 2.64. The topological polar surface area (TPSA) is 55.6 Å². The van der Waals surface area contributed by atoms with Gasteiger partial charge in [0.2, 0.25) is 0 Å². The molecule has 2 heterocycles. The van der Waals surface area contributed by atoms with Gasteiger partial charge < -0.3 is 10.1 Å². The Morgan fingerprint density at radius 3 is 2.58 bits per heavy atom. The molecule has 0 bridgehead atoms. The van der Waals surface area contributed by atoms with E-state index in [4.69, 9.17) is 4.74 Å². The Balaban J connectivity index is 1.82. The Hall–Kier alpha value is -2.82. The number of ether oxygens (including phenoxy) is 1. The fourth-order valence-corrected chi connectivity index (χ4v) is 2.77. The molecule has 3 rings (SSSR count). The van der Waals surface area contributed by atoms with Crippen molar-refractivity contribution in [2.75, 3.05) is 11.9 Å². The molecule has 2 aromatic heterocycles. The van der Waals surface area contributed by atoms with E-state index in [0.717, 1.165) is 28.3 Å². The molecule has 5 heteroatoms. The van der Waals surface area contributed by atoms with E-state index < -0.39 is 0 Å². The van der Waals surface area contributed by atoms with Gasteiger partial charge in [-0.2, -0.15) is 0 Å². The van der Waals surface area contributed by atoms with Crippen molar-refractivity contribution < 1.29 is 9.53 Å². The van der Waals surface area contributed by atoms with Crippen LogP contribution in [0.1, 0.15) is 42.5 Å². The lowest BCUT2D eigenvalue weighted by atomic mass is 10.2. The molecule has 0 radical (unpaired) electrons. The minimum absolute atomic E-state index is 0.157. The van der Waals surface area contributed by atoms with Crippen molar-refractivity contribution in [2.24, 2.45) is 5.92 Å². The summed E-state index contributed by atoms with van der Waals surface area (Å²) in [4.78, 5) is 17.4. The lowest BCUT2D eigenvalue weighted by Crippen LogP contribution is -2.16. The molecular formula is C21H25N3O2. The number of aromatic nitrogens is 2. The number of nitrogens with one attached hydrogen (secondary N) is 1. The van der Waals surface area contributed by atoms with Crippen LogP contribution >= 0.6 is 0 Å². The molecule has 26 heavy (non-hydrogen) atoms. The van der Waals surface area contributed by atoms with Crippen LogP contribution in [0.2, 0.25) is 0 Å². The van der Waals surface area contributed by atoms with Crippen molar-refractivity contribution in [3.05, 3.63) is 59.5 Å². The molecule has 0 saturated heterocycles. The summed E-state index contributed by atoms with van der Waals surface area (Å²) in [6.45, 7) is 8.90. The largest absolute Gasteiger partial charge is 0.493 e. The van der Waals surface area contributed by atoms with Crippen LogP contribution in [0.5, 0.6) is 5.75 Å². The van der Waals surface area contributed by atoms with Gasteiger partial charge >= 0.3 is 0 Å². The van der Waals surface area contributed by atoms with E-state index in [-0.39, 0.29) is 5.91 Å². The van der Waals surface area contributed by atoms with Gasteiger partial charge in [-0.3, -0.25) is 9.20 Å². The average molecular weight is 351 g/mol. The zero-order chi connectivity index (χ0) is 18.7. The standard InChI is InChI=1S/C21H25N3O2/c1-5-18-20(24-12-15(4)6-11-19(24)23-18)21(25)22-16-7-9-17(10-8-16)26-13-14(2)3/h6-12,14H,5,13H2,1-4H3,(H,22,25). The zero-order valence-electron chi connectivity index (χ0n) is 15.7. The van der Waals surface area contributed by atoms with Gasteiger partial charge in [0.1, 0.15) is 17.1 Å². The molecule has 1 aromatic carbocycles. The molecule has 0 atom stereocenters. The molecule has 1 N–H and O–H groups in total. The first-order chi connectivity index (χ1) is 12.5. The van der Waals surface area contributed by atoms with E-state index in [2.05, 4.69) is 24.1 Å². The third-order valence-corrected chi connectivity index (χ3v) is 4.08. The van der Waals surface area contributed by atoms with Crippen LogP contribution in [0, 0.1) is 12.8 Å². The van der Waals surface area contributed by atoms with Crippen LogP contribution in [0.25, 0.3) is 5.65 Å². The second-order valence-electron chi connectivity index (χ2n) is 6.88. The van der Waals surface area contributed by atoms with Gasteiger partial charge in [-0.25, -0.2) is 4.98 Å². The molecule has 0 aliphatic carbocycles. The number of carbonyl (C=O) groups is 1. The highest BCUT2D eigenvalue weighted by Gasteiger charge is 2.18. The fraction of sp³-hybridized carbons (Fsp3) is 0.333. The Morgan fingerprint density at radius 1 is 1.19 bits per heavy atom. The minimum Gasteiger partial charge on any atom is -0.493 e. The molecule has 5 nitrogen and oxygen atoms in total. The van der Waals surface area contributed by atoms with Crippen molar-refractivity contribution in [3.8, 4) is 5.75 Å². The second kappa shape index (κ2) is 7.60. The number of rotatable bonds is 6. The first-order valence-corrected chi connectivity index (χ1v) is 8.99. The van der Waals surface area contributed by atoms with E-state index in [1.807, 2.05) is 60.8 Å². The molecule has 136 valence electrons. The van der Waals surface area contributed by atoms with Crippen LogP contribution in [0.15, 0.2) is 42.6 Å². The molecule has 0 spiro atoms. The van der Waals surface area contributed by atoms with Crippen molar-refractivity contribution in [3.63, 3.8) is 0 Å². The summed E-state index contributed by atoms with van der Waals surface area (Å²) in [5.41, 5.74) is 3.99. The van der Waals surface area contributed by atoms with E-state index >= 15 is 0 Å². The monoisotopic (exact) mass is 351 g/mol. The highest BCUT2D eigenvalue weighted by molar-refractivity contribution is 6.04. The van der Waals surface area contributed by atoms with E-state index in [1.165, 1.54) is 0 Å². The van der Waals surface area contributed by atoms with Crippen molar-refractivity contribution in [2.45, 2.75) is 34.1 Å². The fourth-order valence-electron chi connectivity index (χ4n) is 2.77. The van der Waals surface area contributed by atoms with Gasteiger partial charge in [0.05, 0.1) is 12.3 Å². The first-order valence-electron chi connectivity index (χ1n) is 8.99. The molecule has 0 saturated carbocycles. The third-order valence-electron chi connectivity index (χ3n) is 4.08. The minimum atomic E-state index is -0.157. The summed E-state index contributed by atoms with van der Waals surface area (Å²) in [5.74, 6) is 1.12. The highest BCUT2D eigenvalue weighted by Crippen LogP contribution is 2.19. The van der Waals surface area contributed by atoms with Crippen LogP contribution < -0.4 is 10.1 Å². The highest BCUT2D eigenvalue weighted by atomic mass is 16.5. The zero-order valence-corrected chi connectivity index (χ0v) is 15.7. The van der Waals surface area contributed by atoms with Crippen molar-refractivity contribution in [1.82, 2.24) is 9.38 Å². The molecule has 0 aliphatic heterocycles. The van der Waals surface area contributed by atoms with Gasteiger partial charge in [-0.1, -0.05) is 26.8 Å². The van der Waals surface area contributed by atoms with Crippen LogP contribution in [-0.2, 0) is 6.42 Å². The maximum Gasteiger partial charge on any atom is 0.274 e. The number of nitrogens with zero attached hydrogens (tertiary/aromatic N) is 2. The molecular weight excluding hydrogens is 326 g/mol. The normalized spacial score (nSPS) is 11.1. The number of hydrogen-bond acceptors (Lipinski definition) is 3. The first kappa shape index (κ1) is 18.0. The van der Waals surface area contributed by atoms with Crippen molar-refractivity contribution >= 4 is 17.2 Å². The smallest absolute Gasteiger partial charge is 0.274 e. The number of benzene rings is 1. The van der Waals surface area contributed by atoms with Crippen molar-refractivity contribution in [1.29, 1.82) is 0 Å². The predicted octanol–water partition coefficient (Wildman–Crippen LogP) is 4.49. The number of pyridine rings is 1. The number of imidazole rings is 1. The lowest BCUT2D eigenvalue weighted by molar-refractivity contribution is 0.102. The second-order valence-corrected chi connectivity index (χ2v) is 6.88. The van der Waals surface area contributed by atoms with Gasteiger partial charge in [-0.05, 0) is 55.2 Å². The summed E-state index contributed by atoms with van der Waals surface area (Å²) < 4.78 is 7.54. The predicted molar refractivity (Wildman–Crippen MR) is 104 cm³/mol. The average Bonchev–Trinajstić information content (AvgIpc) is 2.98. The third kappa shape index (κ3) is 3.87. The summed E-state index contributed by atoms with van der Waals surface area (Å²) in [5, 5.41) is 2.97. The van der Waals surface area contributed by atoms with Gasteiger partial charge in [0.25, 0.3) is 5.91 Å². The summed E-state index contributed by atoms with van der Waals surface area (Å²) in [7, 11) is 0. The SMILES string of the molecule is CCc1nc2ccc(C)cn2c1C(=O)Nc1ccc(OCC(C)C)cc1. The number of aryl methyl sites for hydroxylation is 2. The van der Waals surface area contributed by atoms with E-state index in [0.29, 0.717) is 24.6 Å². The van der Waals surface area contributed by atoms with Crippen LogP contribution in [0.4, 0.5) is 5.69 Å². The molecule has 0 aliphatic rings. The summed E-state index contributed by atoms with van der Waals surface area (Å²) >= 11 is 0. The van der Waals surface area contributed by atoms with E-state index in [1.54, 1.807) is 0 Å². The Bertz CT molecular complexity index is 911. The molecule has 0 fully saturated rings. The molecule has 0 unspecified atom stereocenters.